The van der Waals surface area contributed by atoms with Crippen molar-refractivity contribution in [1.29, 1.82) is 0 Å². The smallest absolute Gasteiger partial charge is 0.123 e. The number of rotatable bonds is 12. The minimum absolute atomic E-state index is 0.203. The normalized spacial score (nSPS) is 13.7. The molecular formula is C21H32FN2O2+. The lowest BCUT2D eigenvalue weighted by molar-refractivity contribution is -0.917. The highest BCUT2D eigenvalue weighted by Gasteiger charge is 2.17. The summed E-state index contributed by atoms with van der Waals surface area (Å²) in [6.45, 7) is 6.02. The molecule has 1 heterocycles. The van der Waals surface area contributed by atoms with Crippen molar-refractivity contribution in [1.82, 2.24) is 4.57 Å². The fourth-order valence-electron chi connectivity index (χ4n) is 3.35. The Bertz CT molecular complexity index is 644. The molecule has 0 radical (unpaired) electrons. The van der Waals surface area contributed by atoms with Crippen LogP contribution in [0.3, 0.4) is 0 Å². The average Bonchev–Trinajstić information content (AvgIpc) is 3.02. The summed E-state index contributed by atoms with van der Waals surface area (Å²) < 4.78 is 20.8. The summed E-state index contributed by atoms with van der Waals surface area (Å²) in [5.74, 6) is -0.203. The Labute approximate surface area is 156 Å². The fourth-order valence-corrected chi connectivity index (χ4v) is 3.35. The molecule has 2 aromatic rings. The van der Waals surface area contributed by atoms with Crippen LogP contribution in [0, 0.1) is 5.82 Å². The van der Waals surface area contributed by atoms with Crippen molar-refractivity contribution in [3.05, 3.63) is 59.7 Å². The molecule has 0 aliphatic rings. The third kappa shape index (κ3) is 6.90. The molecule has 0 spiro atoms. The van der Waals surface area contributed by atoms with E-state index in [0.29, 0.717) is 6.54 Å². The number of aromatic nitrogens is 1. The van der Waals surface area contributed by atoms with Gasteiger partial charge in [-0.25, -0.2) is 4.39 Å². The Balaban J connectivity index is 2.03. The monoisotopic (exact) mass is 363 g/mol. The number of ether oxygens (including phenoxy) is 1. The second-order valence-corrected chi connectivity index (χ2v) is 6.93. The molecule has 0 bridgehead atoms. The van der Waals surface area contributed by atoms with Crippen LogP contribution in [0.1, 0.15) is 37.4 Å². The van der Waals surface area contributed by atoms with E-state index in [1.54, 1.807) is 19.2 Å². The molecule has 0 saturated carbocycles. The number of aliphatic hydroxyl groups is 1. The van der Waals surface area contributed by atoms with Gasteiger partial charge in [-0.1, -0.05) is 25.5 Å². The zero-order valence-corrected chi connectivity index (χ0v) is 16.0. The van der Waals surface area contributed by atoms with E-state index in [1.165, 1.54) is 16.7 Å². The SMILES string of the molecule is CCC[C@@H](O)C[NH+](CCCOC)Cc1cccn1Cc1cccc(F)c1. The van der Waals surface area contributed by atoms with Gasteiger partial charge in [-0.2, -0.15) is 0 Å². The molecule has 0 aliphatic carbocycles. The van der Waals surface area contributed by atoms with E-state index in [0.717, 1.165) is 51.1 Å². The van der Waals surface area contributed by atoms with Crippen molar-refractivity contribution in [3.63, 3.8) is 0 Å². The van der Waals surface area contributed by atoms with Crippen LogP contribution in [0.25, 0.3) is 0 Å². The molecule has 0 fully saturated rings. The Morgan fingerprint density at radius 2 is 2.12 bits per heavy atom. The number of nitrogens with zero attached hydrogens (tertiary/aromatic N) is 1. The highest BCUT2D eigenvalue weighted by molar-refractivity contribution is 5.18. The maximum Gasteiger partial charge on any atom is 0.123 e. The van der Waals surface area contributed by atoms with E-state index in [1.807, 2.05) is 18.3 Å². The molecule has 0 amide bonds. The molecule has 2 rings (SSSR count). The van der Waals surface area contributed by atoms with Crippen molar-refractivity contribution in [3.8, 4) is 0 Å². The summed E-state index contributed by atoms with van der Waals surface area (Å²) >= 11 is 0. The molecule has 1 unspecified atom stereocenters. The first-order valence-corrected chi connectivity index (χ1v) is 9.51. The quantitative estimate of drug-likeness (QED) is 0.568. The largest absolute Gasteiger partial charge is 0.387 e. The standard InChI is InChI=1S/C21H31FN2O2/c1-3-7-21(25)17-23(11-6-13-26-2)16-20-10-5-12-24(20)15-18-8-4-9-19(22)14-18/h4-5,8-10,12,14,21,25H,3,6-7,11,13,15-17H2,1-2H3/p+1/t21-/m1/s1. The number of aliphatic hydroxyl groups excluding tert-OH is 1. The van der Waals surface area contributed by atoms with Gasteiger partial charge in [-0.15, -0.1) is 0 Å². The number of halogens is 1. The number of hydrogen-bond donors (Lipinski definition) is 2. The van der Waals surface area contributed by atoms with E-state index in [4.69, 9.17) is 4.74 Å². The topological polar surface area (TPSA) is 38.8 Å². The van der Waals surface area contributed by atoms with Crippen molar-refractivity contribution in [2.45, 2.75) is 45.4 Å². The first kappa shape index (κ1) is 20.6. The second kappa shape index (κ2) is 11.1. The van der Waals surface area contributed by atoms with Crippen LogP contribution < -0.4 is 4.90 Å². The lowest BCUT2D eigenvalue weighted by Gasteiger charge is -2.23. The van der Waals surface area contributed by atoms with Crippen LogP contribution in [0.5, 0.6) is 0 Å². The van der Waals surface area contributed by atoms with Crippen molar-refractivity contribution >= 4 is 0 Å². The number of hydrogen-bond acceptors (Lipinski definition) is 2. The fraction of sp³-hybridized carbons (Fsp3) is 0.524. The van der Waals surface area contributed by atoms with E-state index >= 15 is 0 Å². The third-order valence-electron chi connectivity index (χ3n) is 4.62. The number of quaternary nitrogens is 1. The minimum Gasteiger partial charge on any atom is -0.387 e. The molecule has 5 heteroatoms. The van der Waals surface area contributed by atoms with E-state index in [9.17, 15) is 9.50 Å². The van der Waals surface area contributed by atoms with E-state index in [2.05, 4.69) is 17.6 Å². The van der Waals surface area contributed by atoms with Crippen molar-refractivity contribution < 1.29 is 19.1 Å². The first-order chi connectivity index (χ1) is 12.6. The Hall–Kier alpha value is -1.69. The molecule has 1 aromatic heterocycles. The summed E-state index contributed by atoms with van der Waals surface area (Å²) in [4.78, 5) is 1.35. The van der Waals surface area contributed by atoms with Crippen LogP contribution in [-0.4, -0.2) is 42.6 Å². The first-order valence-electron chi connectivity index (χ1n) is 9.51. The highest BCUT2D eigenvalue weighted by Crippen LogP contribution is 2.09. The van der Waals surface area contributed by atoms with Gasteiger partial charge < -0.3 is 19.3 Å². The van der Waals surface area contributed by atoms with Gasteiger partial charge in [0.2, 0.25) is 0 Å². The third-order valence-corrected chi connectivity index (χ3v) is 4.62. The van der Waals surface area contributed by atoms with Gasteiger partial charge in [0.05, 0.1) is 18.8 Å². The number of benzene rings is 1. The van der Waals surface area contributed by atoms with Gasteiger partial charge in [-0.3, -0.25) is 0 Å². The maximum absolute atomic E-state index is 13.4. The Morgan fingerprint density at radius 3 is 2.85 bits per heavy atom. The van der Waals surface area contributed by atoms with Crippen LogP contribution in [0.15, 0.2) is 42.6 Å². The van der Waals surface area contributed by atoms with Gasteiger partial charge in [0.15, 0.2) is 0 Å². The minimum atomic E-state index is -0.274. The van der Waals surface area contributed by atoms with Crippen LogP contribution in [-0.2, 0) is 17.8 Å². The molecule has 0 saturated heterocycles. The van der Waals surface area contributed by atoms with Crippen LogP contribution in [0.2, 0.25) is 0 Å². The number of nitrogens with one attached hydrogen (secondary N) is 1. The molecule has 2 atom stereocenters. The lowest BCUT2D eigenvalue weighted by atomic mass is 10.2. The maximum atomic E-state index is 13.4. The summed E-state index contributed by atoms with van der Waals surface area (Å²) in [7, 11) is 1.72. The van der Waals surface area contributed by atoms with Crippen LogP contribution >= 0.6 is 0 Å². The van der Waals surface area contributed by atoms with Gasteiger partial charge in [0.25, 0.3) is 0 Å². The van der Waals surface area contributed by atoms with Gasteiger partial charge >= 0.3 is 0 Å². The molecule has 26 heavy (non-hydrogen) atoms. The summed E-state index contributed by atoms with van der Waals surface area (Å²) in [5, 5.41) is 10.2. The summed E-state index contributed by atoms with van der Waals surface area (Å²) in [6, 6.07) is 10.9. The second-order valence-electron chi connectivity index (χ2n) is 6.93. The summed E-state index contributed by atoms with van der Waals surface area (Å²) in [5.41, 5.74) is 2.15. The highest BCUT2D eigenvalue weighted by atomic mass is 19.1. The zero-order valence-electron chi connectivity index (χ0n) is 16.0. The Morgan fingerprint density at radius 1 is 1.27 bits per heavy atom. The van der Waals surface area contributed by atoms with Gasteiger partial charge in [0, 0.05) is 26.3 Å². The molecule has 4 nitrogen and oxygen atoms in total. The average molecular weight is 363 g/mol. The summed E-state index contributed by atoms with van der Waals surface area (Å²) in [6.07, 6.45) is 4.55. The van der Waals surface area contributed by atoms with E-state index < -0.39 is 0 Å². The Kier molecular flexibility index (Phi) is 8.81. The predicted octanol–water partition coefficient (Wildman–Crippen LogP) is 2.26. The van der Waals surface area contributed by atoms with Gasteiger partial charge in [-0.05, 0) is 36.2 Å². The number of methoxy groups -OCH3 is 1. The molecule has 2 N–H and O–H groups in total. The molecule has 1 aromatic carbocycles. The lowest BCUT2D eigenvalue weighted by Crippen LogP contribution is -3.12. The molecule has 0 aliphatic heterocycles. The van der Waals surface area contributed by atoms with Crippen molar-refractivity contribution in [2.24, 2.45) is 0 Å². The molecule has 144 valence electrons. The van der Waals surface area contributed by atoms with Gasteiger partial charge in [0.1, 0.15) is 25.0 Å². The van der Waals surface area contributed by atoms with Crippen LogP contribution in [0.4, 0.5) is 4.39 Å². The predicted molar refractivity (Wildman–Crippen MR) is 102 cm³/mol. The molecular weight excluding hydrogens is 331 g/mol. The van der Waals surface area contributed by atoms with E-state index in [-0.39, 0.29) is 11.9 Å². The zero-order chi connectivity index (χ0) is 18.8. The van der Waals surface area contributed by atoms with Crippen molar-refractivity contribution in [2.75, 3.05) is 26.8 Å².